The molecule has 2 aromatic carbocycles. The van der Waals surface area contributed by atoms with Gasteiger partial charge in [0, 0.05) is 23.1 Å². The molecule has 0 radical (unpaired) electrons. The van der Waals surface area contributed by atoms with Crippen LogP contribution < -0.4 is 0 Å². The Labute approximate surface area is 165 Å². The average molecular weight is 497 g/mol. The lowest BCUT2D eigenvalue weighted by Crippen LogP contribution is -2.18. The van der Waals surface area contributed by atoms with E-state index in [0.29, 0.717) is 21.2 Å². The molecule has 0 aliphatic carbocycles. The molecule has 0 saturated carbocycles. The third-order valence-electron chi connectivity index (χ3n) is 3.89. The van der Waals surface area contributed by atoms with Crippen LogP contribution in [0.4, 0.5) is 13.2 Å². The van der Waals surface area contributed by atoms with Gasteiger partial charge in [0.05, 0.1) is 17.7 Å². The van der Waals surface area contributed by atoms with Crippen molar-refractivity contribution >= 4 is 45.1 Å². The van der Waals surface area contributed by atoms with Gasteiger partial charge in [-0.15, -0.1) is 0 Å². The molecule has 26 heavy (non-hydrogen) atoms. The number of rotatable bonds is 4. The highest BCUT2D eigenvalue weighted by atomic mass is 127. The van der Waals surface area contributed by atoms with Crippen LogP contribution in [0.2, 0.25) is 5.02 Å². The number of nitrogens with zero attached hydrogens (tertiary/aromatic N) is 2. The van der Waals surface area contributed by atoms with Gasteiger partial charge in [-0.1, -0.05) is 23.7 Å². The molecule has 138 valence electrons. The van der Waals surface area contributed by atoms with Crippen LogP contribution >= 0.6 is 34.2 Å². The summed E-state index contributed by atoms with van der Waals surface area (Å²) < 4.78 is 46.9. The van der Waals surface area contributed by atoms with Crippen molar-refractivity contribution in [3.8, 4) is 0 Å². The summed E-state index contributed by atoms with van der Waals surface area (Å²) in [7, 11) is 1.54. The van der Waals surface area contributed by atoms with E-state index in [-0.39, 0.29) is 5.02 Å². The van der Waals surface area contributed by atoms with E-state index < -0.39 is 23.5 Å². The molecule has 3 rings (SSSR count). The first-order chi connectivity index (χ1) is 12.2. The fourth-order valence-electron chi connectivity index (χ4n) is 2.76. The summed E-state index contributed by atoms with van der Waals surface area (Å²) in [5.41, 5.74) is -0.131. The largest absolute Gasteiger partial charge is 0.416 e. The minimum Gasteiger partial charge on any atom is -0.380 e. The normalized spacial score (nSPS) is 13.3. The molecule has 4 nitrogen and oxygen atoms in total. The lowest BCUT2D eigenvalue weighted by atomic mass is 10.1. The fourth-order valence-corrected chi connectivity index (χ4v) is 3.72. The summed E-state index contributed by atoms with van der Waals surface area (Å²) >= 11 is 7.96. The summed E-state index contributed by atoms with van der Waals surface area (Å²) in [6.45, 7) is 0.327. The average Bonchev–Trinajstić information content (AvgIpc) is 2.90. The second-order valence-electron chi connectivity index (χ2n) is 5.59. The number of halogens is 5. The number of aromatic nitrogens is 2. The van der Waals surface area contributed by atoms with Crippen LogP contribution in [-0.2, 0) is 17.5 Å². The van der Waals surface area contributed by atoms with Gasteiger partial charge in [-0.2, -0.15) is 18.3 Å². The second kappa shape index (κ2) is 7.34. The van der Waals surface area contributed by atoms with Gasteiger partial charge in [0.2, 0.25) is 0 Å². The Balaban J connectivity index is 2.20. The van der Waals surface area contributed by atoms with E-state index in [1.807, 2.05) is 28.7 Å². The molecule has 1 N–H and O–H groups in total. The lowest BCUT2D eigenvalue weighted by Gasteiger charge is -2.20. The van der Waals surface area contributed by atoms with E-state index in [4.69, 9.17) is 16.3 Å². The zero-order valence-corrected chi connectivity index (χ0v) is 16.3. The molecule has 1 unspecified atom stereocenters. The van der Waals surface area contributed by atoms with Gasteiger partial charge in [0.15, 0.2) is 6.23 Å². The highest BCUT2D eigenvalue weighted by molar-refractivity contribution is 14.1. The van der Waals surface area contributed by atoms with Crippen LogP contribution in [0.25, 0.3) is 10.9 Å². The molecule has 1 aromatic heterocycles. The first kappa shape index (κ1) is 19.4. The number of fused-ring (bicyclic) bond motifs is 1. The Morgan fingerprint density at radius 2 is 2.04 bits per heavy atom. The highest BCUT2D eigenvalue weighted by Gasteiger charge is 2.37. The third kappa shape index (κ3) is 3.55. The van der Waals surface area contributed by atoms with Crippen molar-refractivity contribution in [1.29, 1.82) is 0 Å². The van der Waals surface area contributed by atoms with Gasteiger partial charge in [-0.3, -0.25) is 0 Å². The van der Waals surface area contributed by atoms with E-state index >= 15 is 0 Å². The number of alkyl halides is 3. The van der Waals surface area contributed by atoms with Crippen molar-refractivity contribution in [1.82, 2.24) is 9.78 Å². The van der Waals surface area contributed by atoms with Crippen LogP contribution in [0.1, 0.15) is 22.9 Å². The SMILES string of the molecule is COCc1ccc2c(I)nn(C(O)c3c(Cl)cccc3C(F)(F)F)c2c1. The molecule has 0 amide bonds. The lowest BCUT2D eigenvalue weighted by molar-refractivity contribution is -0.139. The molecule has 0 aliphatic heterocycles. The molecule has 0 fully saturated rings. The van der Waals surface area contributed by atoms with E-state index in [9.17, 15) is 18.3 Å². The summed E-state index contributed by atoms with van der Waals surface area (Å²) in [5, 5.41) is 15.5. The van der Waals surface area contributed by atoms with Crippen LogP contribution in [0, 0.1) is 3.70 Å². The monoisotopic (exact) mass is 496 g/mol. The summed E-state index contributed by atoms with van der Waals surface area (Å²) in [5.74, 6) is 0. The molecule has 0 saturated heterocycles. The van der Waals surface area contributed by atoms with Gasteiger partial charge < -0.3 is 9.84 Å². The van der Waals surface area contributed by atoms with Crippen molar-refractivity contribution in [3.63, 3.8) is 0 Å². The summed E-state index contributed by atoms with van der Waals surface area (Å²) in [6, 6.07) is 8.74. The number of hydrogen-bond acceptors (Lipinski definition) is 3. The second-order valence-corrected chi connectivity index (χ2v) is 7.02. The van der Waals surface area contributed by atoms with E-state index in [0.717, 1.165) is 16.3 Å². The number of methoxy groups -OCH3 is 1. The molecule has 0 bridgehead atoms. The number of aliphatic hydroxyl groups excluding tert-OH is 1. The Morgan fingerprint density at radius 1 is 1.31 bits per heavy atom. The van der Waals surface area contributed by atoms with E-state index in [1.165, 1.54) is 12.1 Å². The quantitative estimate of drug-likeness (QED) is 0.517. The maximum atomic E-state index is 13.4. The molecular formula is C17H13ClF3IN2O2. The number of benzene rings is 2. The molecule has 3 aromatic rings. The first-order valence-corrected chi connectivity index (χ1v) is 8.89. The van der Waals surface area contributed by atoms with Gasteiger partial charge in [-0.05, 0) is 52.4 Å². The van der Waals surface area contributed by atoms with Crippen molar-refractivity contribution in [2.24, 2.45) is 0 Å². The van der Waals surface area contributed by atoms with E-state index in [2.05, 4.69) is 5.10 Å². The number of hydrogen-bond donors (Lipinski definition) is 1. The maximum absolute atomic E-state index is 13.4. The van der Waals surface area contributed by atoms with Crippen LogP contribution in [0.3, 0.4) is 0 Å². The molecule has 1 heterocycles. The van der Waals surface area contributed by atoms with Gasteiger partial charge >= 0.3 is 6.18 Å². The van der Waals surface area contributed by atoms with Crippen molar-refractivity contribution in [2.45, 2.75) is 19.0 Å². The van der Waals surface area contributed by atoms with Gasteiger partial charge in [0.1, 0.15) is 3.70 Å². The first-order valence-electron chi connectivity index (χ1n) is 7.43. The molecule has 0 spiro atoms. The molecule has 0 aliphatic rings. The topological polar surface area (TPSA) is 47.3 Å². The number of aliphatic hydroxyl groups is 1. The smallest absolute Gasteiger partial charge is 0.380 e. The zero-order chi connectivity index (χ0) is 19.1. The fraction of sp³-hybridized carbons (Fsp3) is 0.235. The minimum atomic E-state index is -4.65. The standard InChI is InChI=1S/C17H13ClF3IN2O2/c1-26-8-9-5-6-10-13(7-9)24(23-15(10)22)16(25)14-11(17(19,20)21)3-2-4-12(14)18/h2-7,16,25H,8H2,1H3. The minimum absolute atomic E-state index is 0.181. The van der Waals surface area contributed by atoms with Crippen LogP contribution in [0.15, 0.2) is 36.4 Å². The number of ether oxygens (including phenoxy) is 1. The molecule has 9 heteroatoms. The Hall–Kier alpha value is -1.36. The van der Waals surface area contributed by atoms with Crippen LogP contribution in [0.5, 0.6) is 0 Å². The zero-order valence-electron chi connectivity index (χ0n) is 13.4. The predicted molar refractivity (Wildman–Crippen MR) is 100.0 cm³/mol. The summed E-state index contributed by atoms with van der Waals surface area (Å²) in [6.07, 6.45) is -6.34. The highest BCUT2D eigenvalue weighted by Crippen LogP contribution is 2.39. The summed E-state index contributed by atoms with van der Waals surface area (Å²) in [4.78, 5) is 0. The molecular weight excluding hydrogens is 484 g/mol. The molecule has 1 atom stereocenters. The van der Waals surface area contributed by atoms with Crippen molar-refractivity contribution in [3.05, 3.63) is 61.8 Å². The predicted octanol–water partition coefficient (Wildman–Crippen LogP) is 5.00. The Morgan fingerprint density at radius 3 is 2.69 bits per heavy atom. The van der Waals surface area contributed by atoms with Crippen molar-refractivity contribution in [2.75, 3.05) is 7.11 Å². The maximum Gasteiger partial charge on any atom is 0.416 e. The third-order valence-corrected chi connectivity index (χ3v) is 5.01. The van der Waals surface area contributed by atoms with Crippen molar-refractivity contribution < 1.29 is 23.0 Å². The Kier molecular flexibility index (Phi) is 5.48. The van der Waals surface area contributed by atoms with E-state index in [1.54, 1.807) is 19.2 Å². The van der Waals surface area contributed by atoms with Gasteiger partial charge in [0.25, 0.3) is 0 Å². The van der Waals surface area contributed by atoms with Crippen LogP contribution in [-0.4, -0.2) is 22.0 Å². The van der Waals surface area contributed by atoms with Gasteiger partial charge in [-0.25, -0.2) is 4.68 Å². The Bertz CT molecular complexity index is 959.